The van der Waals surface area contributed by atoms with E-state index in [2.05, 4.69) is 43.0 Å². The molecule has 2 aromatic rings. The summed E-state index contributed by atoms with van der Waals surface area (Å²) in [7, 11) is -3.50. The molecule has 0 saturated carbocycles. The Bertz CT molecular complexity index is 1040. The summed E-state index contributed by atoms with van der Waals surface area (Å²) in [6.45, 7) is 9.15. The van der Waals surface area contributed by atoms with Crippen molar-refractivity contribution in [3.05, 3.63) is 60.2 Å². The van der Waals surface area contributed by atoms with E-state index in [0.717, 1.165) is 19.6 Å². The number of hydrogen-bond donors (Lipinski definition) is 1. The Kier molecular flexibility index (Phi) is 6.83. The summed E-state index contributed by atoms with van der Waals surface area (Å²) in [6.07, 6.45) is 0. The van der Waals surface area contributed by atoms with Gasteiger partial charge in [0, 0.05) is 31.9 Å². The van der Waals surface area contributed by atoms with Crippen LogP contribution in [0.4, 0.5) is 5.69 Å². The van der Waals surface area contributed by atoms with E-state index in [4.69, 9.17) is 0 Å². The number of sulfonamides is 1. The van der Waals surface area contributed by atoms with E-state index in [-0.39, 0.29) is 5.91 Å². The van der Waals surface area contributed by atoms with Gasteiger partial charge in [0.25, 0.3) is 5.91 Å². The molecule has 0 bridgehead atoms. The van der Waals surface area contributed by atoms with Gasteiger partial charge in [-0.3, -0.25) is 4.79 Å². The SMILES string of the molecule is Cc1cccc(N2CC[NH+](CC(=O)N3CCN(S(=O)(=O)c4ccccc4)CC3)C[C@@H]2C)c1. The number of rotatable bonds is 5. The van der Waals surface area contributed by atoms with Gasteiger partial charge in [-0.1, -0.05) is 30.3 Å². The predicted molar refractivity (Wildman–Crippen MR) is 125 cm³/mol. The Morgan fingerprint density at radius 3 is 2.38 bits per heavy atom. The number of hydrogen-bond acceptors (Lipinski definition) is 4. The fraction of sp³-hybridized carbons (Fsp3) is 0.458. The first-order valence-electron chi connectivity index (χ1n) is 11.3. The van der Waals surface area contributed by atoms with Crippen LogP contribution in [0.15, 0.2) is 59.5 Å². The second kappa shape index (κ2) is 9.60. The van der Waals surface area contributed by atoms with Gasteiger partial charge in [-0.15, -0.1) is 0 Å². The average Bonchev–Trinajstić information content (AvgIpc) is 2.80. The lowest BCUT2D eigenvalue weighted by Crippen LogP contribution is -3.16. The molecular formula is C24H33N4O3S+. The summed E-state index contributed by atoms with van der Waals surface area (Å²) in [5, 5.41) is 0. The minimum absolute atomic E-state index is 0.118. The van der Waals surface area contributed by atoms with Crippen molar-refractivity contribution in [1.82, 2.24) is 9.21 Å². The second-order valence-electron chi connectivity index (χ2n) is 8.86. The summed E-state index contributed by atoms with van der Waals surface area (Å²) < 4.78 is 27.1. The average molecular weight is 458 g/mol. The summed E-state index contributed by atoms with van der Waals surface area (Å²) in [4.78, 5) is 18.8. The molecule has 32 heavy (non-hydrogen) atoms. The molecule has 1 unspecified atom stereocenters. The van der Waals surface area contributed by atoms with Crippen molar-refractivity contribution < 1.29 is 18.1 Å². The molecule has 2 heterocycles. The van der Waals surface area contributed by atoms with Crippen LogP contribution in [-0.2, 0) is 14.8 Å². The van der Waals surface area contributed by atoms with Gasteiger partial charge >= 0.3 is 0 Å². The van der Waals surface area contributed by atoms with Crippen molar-refractivity contribution in [2.24, 2.45) is 0 Å². The molecule has 0 aromatic heterocycles. The first-order valence-corrected chi connectivity index (χ1v) is 12.8. The van der Waals surface area contributed by atoms with Crippen LogP contribution in [0.5, 0.6) is 0 Å². The van der Waals surface area contributed by atoms with Gasteiger partial charge in [0.2, 0.25) is 10.0 Å². The lowest BCUT2D eigenvalue weighted by Gasteiger charge is -2.40. The van der Waals surface area contributed by atoms with Gasteiger partial charge in [0.1, 0.15) is 0 Å². The van der Waals surface area contributed by atoms with Crippen molar-refractivity contribution in [2.75, 3.05) is 57.3 Å². The first-order chi connectivity index (χ1) is 15.3. The van der Waals surface area contributed by atoms with Crippen LogP contribution in [-0.4, -0.2) is 81.9 Å². The number of piperazine rings is 2. The van der Waals surface area contributed by atoms with E-state index in [1.807, 2.05) is 4.90 Å². The number of nitrogens with one attached hydrogen (secondary N) is 1. The molecule has 7 nitrogen and oxygen atoms in total. The monoisotopic (exact) mass is 457 g/mol. The maximum Gasteiger partial charge on any atom is 0.277 e. The standard InChI is InChI=1S/C24H32N4O3S/c1-20-7-6-8-22(17-20)28-16-11-25(18-21(28)2)19-24(29)26-12-14-27(15-13-26)32(30,31)23-9-4-3-5-10-23/h3-10,17,21H,11-16,18-19H2,1-2H3/p+1/t21-/m0/s1. The zero-order chi connectivity index (χ0) is 22.7. The van der Waals surface area contributed by atoms with E-state index >= 15 is 0 Å². The van der Waals surface area contributed by atoms with Crippen LogP contribution >= 0.6 is 0 Å². The number of anilines is 1. The molecule has 2 fully saturated rings. The molecule has 0 spiro atoms. The van der Waals surface area contributed by atoms with Crippen LogP contribution in [0.1, 0.15) is 12.5 Å². The Morgan fingerprint density at radius 1 is 1.00 bits per heavy atom. The van der Waals surface area contributed by atoms with Gasteiger partial charge in [-0.25, -0.2) is 8.42 Å². The largest absolute Gasteiger partial charge is 0.358 e. The van der Waals surface area contributed by atoms with Gasteiger partial charge in [-0.2, -0.15) is 4.31 Å². The molecule has 2 aromatic carbocycles. The molecule has 1 N–H and O–H groups in total. The van der Waals surface area contributed by atoms with Crippen molar-refractivity contribution in [2.45, 2.75) is 24.8 Å². The molecule has 8 heteroatoms. The smallest absolute Gasteiger partial charge is 0.277 e. The molecular weight excluding hydrogens is 424 g/mol. The van der Waals surface area contributed by atoms with Gasteiger partial charge < -0.3 is 14.7 Å². The lowest BCUT2D eigenvalue weighted by atomic mass is 10.1. The molecule has 1 amide bonds. The number of amides is 1. The predicted octanol–water partition coefficient (Wildman–Crippen LogP) is 0.622. The maximum absolute atomic E-state index is 12.9. The number of benzene rings is 2. The van der Waals surface area contributed by atoms with Crippen molar-refractivity contribution in [3.8, 4) is 0 Å². The fourth-order valence-corrected chi connectivity index (χ4v) is 6.17. The van der Waals surface area contributed by atoms with Crippen LogP contribution in [0.25, 0.3) is 0 Å². The molecule has 2 aliphatic rings. The van der Waals surface area contributed by atoms with Gasteiger partial charge in [0.05, 0.1) is 30.6 Å². The van der Waals surface area contributed by atoms with Gasteiger partial charge in [-0.05, 0) is 43.7 Å². The normalized spacial score (nSPS) is 22.7. The van der Waals surface area contributed by atoms with Crippen LogP contribution in [0.3, 0.4) is 0 Å². The van der Waals surface area contributed by atoms with Crippen LogP contribution < -0.4 is 9.80 Å². The summed E-state index contributed by atoms with van der Waals surface area (Å²) >= 11 is 0. The van der Waals surface area contributed by atoms with Gasteiger partial charge in [0.15, 0.2) is 6.54 Å². The third-order valence-electron chi connectivity index (χ3n) is 6.53. The third kappa shape index (κ3) is 4.98. The molecule has 2 atom stereocenters. The Hall–Kier alpha value is -2.42. The number of carbonyl (C=O) groups excluding carboxylic acids is 1. The van der Waals surface area contributed by atoms with E-state index in [0.29, 0.717) is 43.7 Å². The quantitative estimate of drug-likeness (QED) is 0.715. The molecule has 2 saturated heterocycles. The first kappa shape index (κ1) is 22.8. The molecule has 2 aliphatic heterocycles. The fourth-order valence-electron chi connectivity index (χ4n) is 4.72. The molecule has 172 valence electrons. The van der Waals surface area contributed by atoms with E-state index in [9.17, 15) is 13.2 Å². The van der Waals surface area contributed by atoms with Crippen molar-refractivity contribution in [1.29, 1.82) is 0 Å². The number of carbonyl (C=O) groups is 1. The highest BCUT2D eigenvalue weighted by atomic mass is 32.2. The molecule has 0 aliphatic carbocycles. The highest BCUT2D eigenvalue weighted by Gasteiger charge is 2.33. The molecule has 4 rings (SSSR count). The van der Waals surface area contributed by atoms with E-state index < -0.39 is 10.0 Å². The summed E-state index contributed by atoms with van der Waals surface area (Å²) in [6, 6.07) is 17.4. The zero-order valence-electron chi connectivity index (χ0n) is 18.9. The highest BCUT2D eigenvalue weighted by molar-refractivity contribution is 7.89. The number of quaternary nitrogens is 1. The van der Waals surface area contributed by atoms with E-state index in [1.165, 1.54) is 20.5 Å². The highest BCUT2D eigenvalue weighted by Crippen LogP contribution is 2.19. The number of nitrogens with zero attached hydrogens (tertiary/aromatic N) is 3. The van der Waals surface area contributed by atoms with Crippen molar-refractivity contribution in [3.63, 3.8) is 0 Å². The Labute approximate surface area is 191 Å². The Balaban J connectivity index is 1.28. The minimum Gasteiger partial charge on any atom is -0.358 e. The molecule has 0 radical (unpaired) electrons. The minimum atomic E-state index is -3.50. The van der Waals surface area contributed by atoms with Crippen molar-refractivity contribution >= 4 is 21.6 Å². The summed E-state index contributed by atoms with van der Waals surface area (Å²) in [5.41, 5.74) is 2.51. The third-order valence-corrected chi connectivity index (χ3v) is 8.44. The van der Waals surface area contributed by atoms with Crippen LogP contribution in [0, 0.1) is 6.92 Å². The summed E-state index contributed by atoms with van der Waals surface area (Å²) in [5.74, 6) is 0.118. The Morgan fingerprint density at radius 2 is 1.72 bits per heavy atom. The zero-order valence-corrected chi connectivity index (χ0v) is 19.7. The maximum atomic E-state index is 12.9. The second-order valence-corrected chi connectivity index (χ2v) is 10.8. The topological polar surface area (TPSA) is 65.4 Å². The van der Waals surface area contributed by atoms with E-state index in [1.54, 1.807) is 30.3 Å². The lowest BCUT2D eigenvalue weighted by molar-refractivity contribution is -0.895. The number of aryl methyl sites for hydroxylation is 1. The van der Waals surface area contributed by atoms with Crippen LogP contribution in [0.2, 0.25) is 0 Å².